The van der Waals surface area contributed by atoms with Crippen molar-refractivity contribution in [2.45, 2.75) is 0 Å². The fourth-order valence-corrected chi connectivity index (χ4v) is 4.21. The molecule has 0 aromatic heterocycles. The molecule has 0 N–H and O–H groups in total. The van der Waals surface area contributed by atoms with Crippen molar-refractivity contribution in [2.75, 3.05) is 0 Å². The molecule has 54 valence electrons. The van der Waals surface area contributed by atoms with Gasteiger partial charge in [0.1, 0.15) is 0 Å². The summed E-state index contributed by atoms with van der Waals surface area (Å²) in [6.45, 7) is 0. The average molecular weight is 251 g/mol. The van der Waals surface area contributed by atoms with E-state index in [4.69, 9.17) is 22.5 Å². The van der Waals surface area contributed by atoms with Crippen molar-refractivity contribution >= 4 is 54.0 Å². The van der Waals surface area contributed by atoms with Gasteiger partial charge in [0.25, 0.3) is 5.91 Å². The fraction of sp³-hybridized carbons (Fsp3) is 0. The highest BCUT2D eigenvalue weighted by Crippen LogP contribution is 2.65. The lowest BCUT2D eigenvalue weighted by atomic mass is 13.8. The lowest BCUT2D eigenvalue weighted by Gasteiger charge is -1.94. The van der Waals surface area contributed by atoms with Gasteiger partial charge in [-0.25, -0.2) is 0 Å². The zero-order valence-electron chi connectivity index (χ0n) is 4.33. The molecule has 0 aromatic carbocycles. The van der Waals surface area contributed by atoms with Gasteiger partial charge >= 0.3 is 0 Å². The van der Waals surface area contributed by atoms with Crippen LogP contribution in [-0.4, -0.2) is 0 Å². The number of hydrogen-bond acceptors (Lipinski definition) is 4. The van der Waals surface area contributed by atoms with Gasteiger partial charge in [0.2, 0.25) is 0 Å². The van der Waals surface area contributed by atoms with Crippen molar-refractivity contribution < 1.29 is 0 Å². The molecule has 0 aromatic rings. The molecule has 0 aliphatic carbocycles. The molecule has 10 heteroatoms. The minimum atomic E-state index is -2.43. The first-order chi connectivity index (χ1) is 4.71. The van der Waals surface area contributed by atoms with Crippen LogP contribution in [-0.2, 0) is 0 Å². The van der Waals surface area contributed by atoms with E-state index in [1.807, 2.05) is 0 Å². The van der Waals surface area contributed by atoms with Crippen LogP contribution in [0.5, 0.6) is 0 Å². The standard InChI is InChI=1S/Cl2N4P4/c1-10(2)5-8-3-7-4-9-6-10. The third-order valence-corrected chi connectivity index (χ3v) is 6.53. The number of rotatable bonds is 0. The Hall–Kier alpha value is 1.11. The Kier molecular flexibility index (Phi) is 3.88. The van der Waals surface area contributed by atoms with Gasteiger partial charge in [-0.3, -0.25) is 0 Å². The number of nitrogens with zero attached hydrogens (tertiary/aromatic N) is 4. The second-order valence-electron chi connectivity index (χ2n) is 1.08. The number of hydrogen-bond donors (Lipinski definition) is 0. The summed E-state index contributed by atoms with van der Waals surface area (Å²) in [6, 6.07) is 0. The molecule has 0 fully saturated rings. The van der Waals surface area contributed by atoms with Crippen molar-refractivity contribution in [1.82, 2.24) is 0 Å². The Balaban J connectivity index is 2.95. The molecular formula is Cl2N4P4. The molecule has 1 rings (SSSR count). The summed E-state index contributed by atoms with van der Waals surface area (Å²) in [7, 11) is 1.68. The molecule has 1 heterocycles. The first-order valence-electron chi connectivity index (χ1n) is 1.94. The van der Waals surface area contributed by atoms with Gasteiger partial charge in [0.05, 0.1) is 0 Å². The highest BCUT2D eigenvalue weighted by Gasteiger charge is 2.07. The average Bonchev–Trinajstić information content (AvgIpc) is 1.81. The van der Waals surface area contributed by atoms with Gasteiger partial charge in [-0.1, -0.05) is 0 Å². The predicted octanol–water partition coefficient (Wildman–Crippen LogP) is 5.56. The minimum absolute atomic E-state index is 0.520. The van der Waals surface area contributed by atoms with E-state index >= 15 is 0 Å². The second kappa shape index (κ2) is 4.21. The zero-order chi connectivity index (χ0) is 7.45. The lowest BCUT2D eigenvalue weighted by Crippen LogP contribution is -1.41. The van der Waals surface area contributed by atoms with Crippen LogP contribution in [0.3, 0.4) is 0 Å². The molecule has 0 saturated carbocycles. The summed E-state index contributed by atoms with van der Waals surface area (Å²) in [6.07, 6.45) is 0. The summed E-state index contributed by atoms with van der Waals surface area (Å²) in [4.78, 5) is 0. The van der Waals surface area contributed by atoms with Crippen LogP contribution in [0.1, 0.15) is 0 Å². The molecule has 1 aliphatic rings. The van der Waals surface area contributed by atoms with Crippen molar-refractivity contribution in [3.63, 3.8) is 0 Å². The van der Waals surface area contributed by atoms with Crippen LogP contribution in [0.4, 0.5) is 0 Å². The quantitative estimate of drug-likeness (QED) is 0.506. The lowest BCUT2D eigenvalue weighted by molar-refractivity contribution is 1.84. The summed E-state index contributed by atoms with van der Waals surface area (Å²) >= 11 is 11.3. The molecular weight excluding hydrogens is 251 g/mol. The third kappa shape index (κ3) is 3.49. The summed E-state index contributed by atoms with van der Waals surface area (Å²) < 4.78 is 15.3. The summed E-state index contributed by atoms with van der Waals surface area (Å²) in [5, 5.41) is 0. The van der Waals surface area contributed by atoms with E-state index in [0.717, 1.165) is 0 Å². The topological polar surface area (TPSA) is 49.4 Å². The van der Waals surface area contributed by atoms with Gasteiger partial charge in [-0.15, -0.1) is 0 Å². The minimum Gasteiger partial charge on any atom is -0.175 e. The third-order valence-electron chi connectivity index (χ3n) is 0.455. The molecule has 10 heavy (non-hydrogen) atoms. The zero-order valence-corrected chi connectivity index (χ0v) is 9.42. The maximum atomic E-state index is 5.66. The van der Waals surface area contributed by atoms with Gasteiger partial charge < -0.3 is 0 Å². The van der Waals surface area contributed by atoms with E-state index in [0.29, 0.717) is 25.6 Å². The van der Waals surface area contributed by atoms with E-state index in [1.54, 1.807) is 0 Å². The van der Waals surface area contributed by atoms with Gasteiger partial charge in [0.15, 0.2) is 25.6 Å². The van der Waals surface area contributed by atoms with E-state index in [1.165, 1.54) is 0 Å². The molecule has 1 aliphatic heterocycles. The van der Waals surface area contributed by atoms with Crippen LogP contribution < -0.4 is 0 Å². The maximum absolute atomic E-state index is 5.66. The van der Waals surface area contributed by atoms with Crippen LogP contribution in [0.2, 0.25) is 0 Å². The predicted molar refractivity (Wildman–Crippen MR) is 49.1 cm³/mol. The van der Waals surface area contributed by atoms with Crippen LogP contribution in [0.15, 0.2) is 18.1 Å². The molecule has 0 radical (unpaired) electrons. The Morgan fingerprint density at radius 3 is 2.50 bits per heavy atom. The van der Waals surface area contributed by atoms with Crippen molar-refractivity contribution in [3.8, 4) is 0 Å². The van der Waals surface area contributed by atoms with E-state index in [2.05, 4.69) is 18.1 Å². The molecule has 0 atom stereocenters. The SMILES string of the molecule is ClP1(Cl)=NP=NP=NP=N1. The largest absolute Gasteiger partial charge is 0.263 e. The van der Waals surface area contributed by atoms with Crippen molar-refractivity contribution in [1.29, 1.82) is 0 Å². The van der Waals surface area contributed by atoms with Gasteiger partial charge in [0, 0.05) is 0 Å². The second-order valence-corrected chi connectivity index (χ2v) is 8.74. The van der Waals surface area contributed by atoms with Crippen LogP contribution >= 0.6 is 54.0 Å². The highest BCUT2D eigenvalue weighted by atomic mass is 35.9. The Morgan fingerprint density at radius 2 is 1.70 bits per heavy atom. The van der Waals surface area contributed by atoms with Gasteiger partial charge in [-0.2, -0.15) is 18.1 Å². The molecule has 4 nitrogen and oxygen atoms in total. The molecule has 0 bridgehead atoms. The van der Waals surface area contributed by atoms with Crippen molar-refractivity contribution in [2.24, 2.45) is 18.1 Å². The smallest absolute Gasteiger partial charge is 0.175 e. The van der Waals surface area contributed by atoms with Crippen LogP contribution in [0, 0.1) is 0 Å². The number of halogens is 2. The molecule has 0 saturated heterocycles. The van der Waals surface area contributed by atoms with Crippen molar-refractivity contribution in [3.05, 3.63) is 0 Å². The first-order valence-corrected chi connectivity index (χ1v) is 7.84. The molecule has 0 spiro atoms. The normalized spacial score (nSPS) is 26.2. The summed E-state index contributed by atoms with van der Waals surface area (Å²) in [5.74, 6) is -2.43. The van der Waals surface area contributed by atoms with Gasteiger partial charge in [-0.05, 0) is 22.5 Å². The fourth-order valence-electron chi connectivity index (χ4n) is 0.204. The highest BCUT2D eigenvalue weighted by molar-refractivity contribution is 8.11. The van der Waals surface area contributed by atoms with E-state index in [9.17, 15) is 0 Å². The maximum Gasteiger partial charge on any atom is 0.263 e. The van der Waals surface area contributed by atoms with E-state index in [-0.39, 0.29) is 0 Å². The molecule has 0 amide bonds. The Bertz CT molecular complexity index is 246. The Labute approximate surface area is 72.2 Å². The molecule has 0 unspecified atom stereocenters. The Morgan fingerprint density at radius 1 is 1.00 bits per heavy atom. The van der Waals surface area contributed by atoms with E-state index < -0.39 is 5.91 Å². The van der Waals surface area contributed by atoms with Crippen LogP contribution in [0.25, 0.3) is 0 Å². The summed E-state index contributed by atoms with van der Waals surface area (Å²) in [5.41, 5.74) is 0. The monoisotopic (exact) mass is 250 g/mol. The first kappa shape index (κ1) is 9.20.